The van der Waals surface area contributed by atoms with Crippen molar-refractivity contribution in [1.29, 1.82) is 0 Å². The third kappa shape index (κ3) is 2.00. The van der Waals surface area contributed by atoms with E-state index in [2.05, 4.69) is 54.7 Å². The van der Waals surface area contributed by atoms with Crippen LogP contribution in [0.2, 0.25) is 0 Å². The van der Waals surface area contributed by atoms with Gasteiger partial charge in [-0.25, -0.2) is 9.41 Å². The fourth-order valence-electron chi connectivity index (χ4n) is 3.29. The smallest absolute Gasteiger partial charge is 0.212 e. The Bertz CT molecular complexity index is 1150. The Morgan fingerprint density at radius 1 is 1.00 bits per heavy atom. The van der Waals surface area contributed by atoms with Crippen molar-refractivity contribution in [2.45, 2.75) is 13.8 Å². The summed E-state index contributed by atoms with van der Waals surface area (Å²) in [5.41, 5.74) is 7.09. The molecule has 2 heterocycles. The largest absolute Gasteiger partial charge is 0.456 e. The maximum absolute atomic E-state index is 7.25. The van der Waals surface area contributed by atoms with Crippen LogP contribution in [0, 0.1) is 20.4 Å². The Morgan fingerprint density at radius 2 is 1.83 bits per heavy atom. The number of aromatic nitrogens is 1. The summed E-state index contributed by atoms with van der Waals surface area (Å²) in [5.74, 6) is 0. The molecule has 0 radical (unpaired) electrons. The van der Waals surface area contributed by atoms with Crippen LogP contribution >= 0.6 is 0 Å². The van der Waals surface area contributed by atoms with Crippen molar-refractivity contribution in [1.82, 2.24) is 0 Å². The highest BCUT2D eigenvalue weighted by Gasteiger charge is 2.19. The van der Waals surface area contributed by atoms with Crippen molar-refractivity contribution in [3.63, 3.8) is 0 Å². The summed E-state index contributed by atoms with van der Waals surface area (Å²) < 4.78 is 8.20. The fourth-order valence-corrected chi connectivity index (χ4v) is 3.29. The molecule has 4 rings (SSSR count). The summed E-state index contributed by atoms with van der Waals surface area (Å²) in [6.07, 6.45) is 2.05. The summed E-state index contributed by atoms with van der Waals surface area (Å²) in [6, 6.07) is 14.0. The Balaban J connectivity index is 2.13. The topological polar surface area (TPSA) is 21.4 Å². The molecule has 0 bridgehead atoms. The van der Waals surface area contributed by atoms with Crippen LogP contribution in [0.3, 0.4) is 0 Å². The number of rotatable bonds is 1. The van der Waals surface area contributed by atoms with Gasteiger partial charge in [-0.15, -0.1) is 0 Å². The van der Waals surface area contributed by atoms with E-state index in [-0.39, 0.29) is 0 Å². The van der Waals surface area contributed by atoms with Gasteiger partial charge in [0.1, 0.15) is 18.2 Å². The van der Waals surface area contributed by atoms with Gasteiger partial charge in [-0.2, -0.15) is 0 Å². The summed E-state index contributed by atoms with van der Waals surface area (Å²) in [4.78, 5) is 3.55. The second-order valence-electron chi connectivity index (χ2n) is 6.14. The molecule has 0 atom stereocenters. The Hall–Kier alpha value is -3.12. The van der Waals surface area contributed by atoms with Crippen LogP contribution in [0.15, 0.2) is 53.1 Å². The minimum absolute atomic E-state index is 0.634. The number of aryl methyl sites for hydroxylation is 2. The minimum Gasteiger partial charge on any atom is -0.456 e. The summed E-state index contributed by atoms with van der Waals surface area (Å²) in [7, 11) is 2.05. The SMILES string of the molecule is [C-]#[N+]c1ccc2oc3c(C)c(C)c(-c4cccc[n+]4C)cc3c2c1. The van der Waals surface area contributed by atoms with Crippen molar-refractivity contribution in [3.8, 4) is 11.3 Å². The molecule has 3 nitrogen and oxygen atoms in total. The highest BCUT2D eigenvalue weighted by molar-refractivity contribution is 6.08. The van der Waals surface area contributed by atoms with Gasteiger partial charge < -0.3 is 4.42 Å². The van der Waals surface area contributed by atoms with Crippen LogP contribution in [-0.2, 0) is 7.05 Å². The number of hydrogen-bond donors (Lipinski definition) is 0. The van der Waals surface area contributed by atoms with Gasteiger partial charge in [0, 0.05) is 22.9 Å². The van der Waals surface area contributed by atoms with Crippen molar-refractivity contribution < 1.29 is 8.98 Å². The molecular formula is C21H17N2O+. The molecule has 2 aromatic heterocycles. The van der Waals surface area contributed by atoms with Gasteiger partial charge in [-0.05, 0) is 49.2 Å². The molecule has 0 spiro atoms. The molecule has 116 valence electrons. The third-order valence-corrected chi connectivity index (χ3v) is 4.77. The van der Waals surface area contributed by atoms with Crippen LogP contribution in [0.25, 0.3) is 38.0 Å². The first kappa shape index (κ1) is 14.5. The zero-order valence-electron chi connectivity index (χ0n) is 13.9. The second kappa shape index (κ2) is 5.21. The number of benzene rings is 2. The molecule has 0 saturated carbocycles. The van der Waals surface area contributed by atoms with Crippen LogP contribution in [-0.4, -0.2) is 0 Å². The number of fused-ring (bicyclic) bond motifs is 3. The summed E-state index contributed by atoms with van der Waals surface area (Å²) in [6.45, 7) is 11.5. The van der Waals surface area contributed by atoms with E-state index < -0.39 is 0 Å². The standard InChI is InChI=1S/C21H17N2O/c1-13-14(2)21-18(12-16(13)19-7-5-6-10-23(19)4)17-11-15(22-3)8-9-20(17)24-21/h5-12H,1-2,4H3/q+1. The first-order chi connectivity index (χ1) is 11.6. The number of furan rings is 1. The van der Waals surface area contributed by atoms with Crippen molar-refractivity contribution in [2.24, 2.45) is 7.05 Å². The Labute approximate surface area is 140 Å². The van der Waals surface area contributed by atoms with E-state index in [9.17, 15) is 0 Å². The molecule has 0 saturated heterocycles. The maximum Gasteiger partial charge on any atom is 0.212 e. The van der Waals surface area contributed by atoms with Crippen LogP contribution in [0.4, 0.5) is 5.69 Å². The number of pyridine rings is 1. The van der Waals surface area contributed by atoms with Crippen LogP contribution in [0.5, 0.6) is 0 Å². The van der Waals surface area contributed by atoms with Gasteiger partial charge in [-0.3, -0.25) is 0 Å². The van der Waals surface area contributed by atoms with Crippen molar-refractivity contribution >= 4 is 27.6 Å². The van der Waals surface area contributed by atoms with Gasteiger partial charge in [0.2, 0.25) is 5.69 Å². The van der Waals surface area contributed by atoms with Gasteiger partial charge in [0.25, 0.3) is 0 Å². The van der Waals surface area contributed by atoms with E-state index in [0.717, 1.165) is 33.2 Å². The third-order valence-electron chi connectivity index (χ3n) is 4.77. The van der Waals surface area contributed by atoms with Crippen LogP contribution < -0.4 is 4.57 Å². The highest BCUT2D eigenvalue weighted by Crippen LogP contribution is 2.37. The monoisotopic (exact) mass is 313 g/mol. The highest BCUT2D eigenvalue weighted by atomic mass is 16.3. The lowest BCUT2D eigenvalue weighted by Crippen LogP contribution is -2.30. The van der Waals surface area contributed by atoms with E-state index in [0.29, 0.717) is 5.69 Å². The molecule has 0 fully saturated rings. The predicted molar refractivity (Wildman–Crippen MR) is 96.1 cm³/mol. The minimum atomic E-state index is 0.634. The molecule has 0 aliphatic carbocycles. The quantitative estimate of drug-likeness (QED) is 0.347. The lowest BCUT2D eigenvalue weighted by Gasteiger charge is -2.08. The van der Waals surface area contributed by atoms with E-state index in [1.807, 2.05) is 18.2 Å². The molecule has 0 unspecified atom stereocenters. The molecule has 0 N–H and O–H groups in total. The fraction of sp³-hybridized carbons (Fsp3) is 0.143. The molecule has 2 aromatic carbocycles. The molecule has 0 aliphatic heterocycles. The summed E-state index contributed by atoms with van der Waals surface area (Å²) >= 11 is 0. The molecule has 0 aliphatic rings. The van der Waals surface area contributed by atoms with Gasteiger partial charge in [0.05, 0.1) is 12.1 Å². The normalized spacial score (nSPS) is 11.1. The first-order valence-corrected chi connectivity index (χ1v) is 7.89. The van der Waals surface area contributed by atoms with E-state index >= 15 is 0 Å². The molecule has 4 aromatic rings. The van der Waals surface area contributed by atoms with Gasteiger partial charge in [0.15, 0.2) is 11.9 Å². The second-order valence-corrected chi connectivity index (χ2v) is 6.14. The van der Waals surface area contributed by atoms with E-state index in [1.54, 1.807) is 6.07 Å². The average molecular weight is 313 g/mol. The van der Waals surface area contributed by atoms with Crippen LogP contribution in [0.1, 0.15) is 11.1 Å². The Morgan fingerprint density at radius 3 is 2.58 bits per heavy atom. The average Bonchev–Trinajstić information content (AvgIpc) is 2.96. The lowest BCUT2D eigenvalue weighted by atomic mass is 9.96. The Kier molecular flexibility index (Phi) is 3.14. The lowest BCUT2D eigenvalue weighted by molar-refractivity contribution is -0.660. The predicted octanol–water partition coefficient (Wildman–Crippen LogP) is 5.25. The van der Waals surface area contributed by atoms with Crippen molar-refractivity contribution in [2.75, 3.05) is 0 Å². The van der Waals surface area contributed by atoms with Gasteiger partial charge >= 0.3 is 0 Å². The zero-order chi connectivity index (χ0) is 16.8. The number of hydrogen-bond acceptors (Lipinski definition) is 1. The molecule has 3 heteroatoms. The summed E-state index contributed by atoms with van der Waals surface area (Å²) in [5, 5.41) is 2.07. The van der Waals surface area contributed by atoms with E-state index in [4.69, 9.17) is 11.0 Å². The molecular weight excluding hydrogens is 296 g/mol. The molecule has 0 amide bonds. The van der Waals surface area contributed by atoms with Gasteiger partial charge in [-0.1, -0.05) is 6.07 Å². The van der Waals surface area contributed by atoms with Crippen molar-refractivity contribution in [3.05, 3.63) is 71.2 Å². The maximum atomic E-state index is 7.25. The van der Waals surface area contributed by atoms with E-state index in [1.165, 1.54) is 11.1 Å². The molecule has 24 heavy (non-hydrogen) atoms. The number of nitrogens with zero attached hydrogens (tertiary/aromatic N) is 2. The first-order valence-electron chi connectivity index (χ1n) is 7.89. The zero-order valence-corrected chi connectivity index (χ0v) is 13.9.